The van der Waals surface area contributed by atoms with Crippen molar-refractivity contribution in [3.05, 3.63) is 42.4 Å². The second kappa shape index (κ2) is 8.90. The van der Waals surface area contributed by atoms with Crippen molar-refractivity contribution in [2.75, 3.05) is 11.9 Å². The maximum absolute atomic E-state index is 13.5. The molecule has 128 valence electrons. The molecule has 0 atom stereocenters. The zero-order chi connectivity index (χ0) is 17.4. The SMILES string of the molecule is CCCCNc1nc(-c2cncc(F)c2)nc[nH]ncc1C(C)C. The molecule has 24 heavy (non-hydrogen) atoms. The van der Waals surface area contributed by atoms with Gasteiger partial charge in [-0.1, -0.05) is 27.2 Å². The van der Waals surface area contributed by atoms with Gasteiger partial charge in [-0.2, -0.15) is 5.10 Å². The van der Waals surface area contributed by atoms with Crippen LogP contribution in [-0.4, -0.2) is 31.7 Å². The number of aromatic nitrogens is 5. The zero-order valence-electron chi connectivity index (χ0n) is 14.3. The number of nitrogens with zero attached hydrogens (tertiary/aromatic N) is 4. The number of H-pyrrole nitrogens is 1. The van der Waals surface area contributed by atoms with Crippen LogP contribution in [0, 0.1) is 5.82 Å². The molecule has 2 N–H and O–H groups in total. The van der Waals surface area contributed by atoms with E-state index in [4.69, 9.17) is 0 Å². The molecule has 0 saturated heterocycles. The van der Waals surface area contributed by atoms with Gasteiger partial charge in [0, 0.05) is 23.9 Å². The van der Waals surface area contributed by atoms with Gasteiger partial charge in [0.1, 0.15) is 18.0 Å². The Morgan fingerprint density at radius 2 is 2.08 bits per heavy atom. The first kappa shape index (κ1) is 17.8. The molecule has 7 heteroatoms. The average Bonchev–Trinajstić information content (AvgIpc) is 2.65. The van der Waals surface area contributed by atoms with E-state index >= 15 is 0 Å². The third-order valence-electron chi connectivity index (χ3n) is 3.42. The minimum absolute atomic E-state index is 0.216. The molecule has 6 nitrogen and oxygen atoms in total. The summed E-state index contributed by atoms with van der Waals surface area (Å²) in [5, 5.41) is 10.2. The van der Waals surface area contributed by atoms with Crippen molar-refractivity contribution in [3.8, 4) is 11.4 Å². The fourth-order valence-corrected chi connectivity index (χ4v) is 2.11. The summed E-state index contributed by atoms with van der Waals surface area (Å²) in [4.78, 5) is 12.8. The quantitative estimate of drug-likeness (QED) is 0.786. The van der Waals surface area contributed by atoms with Gasteiger partial charge in [-0.25, -0.2) is 14.4 Å². The van der Waals surface area contributed by atoms with Crippen LogP contribution < -0.4 is 5.32 Å². The lowest BCUT2D eigenvalue weighted by Crippen LogP contribution is -2.06. The van der Waals surface area contributed by atoms with Crippen LogP contribution in [0.15, 0.2) is 31.0 Å². The van der Waals surface area contributed by atoms with E-state index in [2.05, 4.69) is 51.2 Å². The fraction of sp³-hybridized carbons (Fsp3) is 0.412. The van der Waals surface area contributed by atoms with Gasteiger partial charge in [0.15, 0.2) is 5.82 Å². The van der Waals surface area contributed by atoms with Crippen LogP contribution in [0.3, 0.4) is 0 Å². The Labute approximate surface area is 141 Å². The molecular formula is C17H23FN6. The number of hydrogen-bond donors (Lipinski definition) is 2. The van der Waals surface area contributed by atoms with Crippen LogP contribution >= 0.6 is 0 Å². The van der Waals surface area contributed by atoms with E-state index in [1.54, 1.807) is 6.20 Å². The number of aromatic amines is 1. The minimum atomic E-state index is -0.428. The van der Waals surface area contributed by atoms with E-state index in [0.717, 1.165) is 31.1 Å². The van der Waals surface area contributed by atoms with Crippen LogP contribution in [0.2, 0.25) is 0 Å². The van der Waals surface area contributed by atoms with Crippen LogP contribution in [0.4, 0.5) is 10.2 Å². The second-order valence-corrected chi connectivity index (χ2v) is 5.71. The number of anilines is 1. The van der Waals surface area contributed by atoms with Crippen LogP contribution in [0.25, 0.3) is 11.4 Å². The predicted molar refractivity (Wildman–Crippen MR) is 92.5 cm³/mol. The summed E-state index contributed by atoms with van der Waals surface area (Å²) in [6, 6.07) is 1.36. The summed E-state index contributed by atoms with van der Waals surface area (Å²) < 4.78 is 13.5. The number of halogens is 1. The highest BCUT2D eigenvalue weighted by Gasteiger charge is 2.09. The minimum Gasteiger partial charge on any atom is -0.370 e. The third-order valence-corrected chi connectivity index (χ3v) is 3.42. The Morgan fingerprint density at radius 3 is 2.79 bits per heavy atom. The fourth-order valence-electron chi connectivity index (χ4n) is 2.11. The van der Waals surface area contributed by atoms with Crippen molar-refractivity contribution in [1.29, 1.82) is 0 Å². The Bertz CT molecular complexity index is 712. The molecule has 0 aliphatic heterocycles. The Hall–Kier alpha value is -2.57. The number of unbranched alkanes of at least 4 members (excludes halogenated alkanes) is 1. The Kier molecular flexibility index (Phi) is 6.60. The first-order valence-electron chi connectivity index (χ1n) is 8.10. The molecule has 0 amide bonds. The van der Waals surface area contributed by atoms with Gasteiger partial charge in [-0.05, 0) is 18.4 Å². The first-order valence-corrected chi connectivity index (χ1v) is 8.10. The molecule has 2 rings (SSSR count). The van der Waals surface area contributed by atoms with Gasteiger partial charge >= 0.3 is 0 Å². The highest BCUT2D eigenvalue weighted by Crippen LogP contribution is 2.22. The first-order chi connectivity index (χ1) is 11.6. The van der Waals surface area contributed by atoms with Gasteiger partial charge < -0.3 is 5.32 Å². The third kappa shape index (κ3) is 4.97. The van der Waals surface area contributed by atoms with Crippen molar-refractivity contribution >= 4 is 5.82 Å². The van der Waals surface area contributed by atoms with Crippen molar-refractivity contribution in [3.63, 3.8) is 0 Å². The molecule has 0 bridgehead atoms. The van der Waals surface area contributed by atoms with E-state index in [1.165, 1.54) is 18.6 Å². The molecule has 0 spiro atoms. The molecule has 2 heterocycles. The maximum Gasteiger partial charge on any atom is 0.164 e. The molecular weight excluding hydrogens is 307 g/mol. The van der Waals surface area contributed by atoms with Gasteiger partial charge in [0.25, 0.3) is 0 Å². The molecule has 0 saturated carbocycles. The molecule has 0 unspecified atom stereocenters. The van der Waals surface area contributed by atoms with Crippen molar-refractivity contribution in [1.82, 2.24) is 25.1 Å². The van der Waals surface area contributed by atoms with E-state index in [-0.39, 0.29) is 5.92 Å². The molecule has 0 fully saturated rings. The highest BCUT2D eigenvalue weighted by atomic mass is 19.1. The largest absolute Gasteiger partial charge is 0.370 e. The van der Waals surface area contributed by atoms with E-state index in [1.807, 2.05) is 0 Å². The smallest absolute Gasteiger partial charge is 0.164 e. The lowest BCUT2D eigenvalue weighted by Gasteiger charge is -2.11. The molecule has 2 aromatic heterocycles. The summed E-state index contributed by atoms with van der Waals surface area (Å²) >= 11 is 0. The standard InChI is InChI=1S/C17H23FN6/c1-4-5-6-20-17-15(12(2)3)10-22-23-11-21-16(24-17)13-7-14(18)9-19-8-13/h7-12,20H,4-6H2,1-3H3,(H,21,23,24). The van der Waals surface area contributed by atoms with Crippen molar-refractivity contribution < 1.29 is 4.39 Å². The normalized spacial score (nSPS) is 10.5. The monoisotopic (exact) mass is 330 g/mol. The van der Waals surface area contributed by atoms with Gasteiger partial charge in [-0.3, -0.25) is 10.1 Å². The lowest BCUT2D eigenvalue weighted by atomic mass is 10.1. The van der Waals surface area contributed by atoms with Crippen molar-refractivity contribution in [2.24, 2.45) is 0 Å². The Balaban J connectivity index is 2.59. The van der Waals surface area contributed by atoms with Crippen LogP contribution in [-0.2, 0) is 0 Å². The molecule has 0 radical (unpaired) electrons. The summed E-state index contributed by atoms with van der Waals surface area (Å²) in [6.07, 6.45) is 7.96. The zero-order valence-corrected chi connectivity index (χ0v) is 14.3. The number of rotatable bonds is 6. The van der Waals surface area contributed by atoms with Gasteiger partial charge in [-0.15, -0.1) is 0 Å². The van der Waals surface area contributed by atoms with E-state index in [9.17, 15) is 4.39 Å². The number of pyridine rings is 1. The number of nitrogens with one attached hydrogen (secondary N) is 2. The Morgan fingerprint density at radius 1 is 1.25 bits per heavy atom. The molecule has 0 aliphatic rings. The van der Waals surface area contributed by atoms with E-state index in [0.29, 0.717) is 17.2 Å². The predicted octanol–water partition coefficient (Wildman–Crippen LogP) is 3.86. The summed E-state index contributed by atoms with van der Waals surface area (Å²) in [7, 11) is 0. The summed E-state index contributed by atoms with van der Waals surface area (Å²) in [5.74, 6) is 0.857. The topological polar surface area (TPSA) is 79.4 Å². The maximum atomic E-state index is 13.5. The van der Waals surface area contributed by atoms with Crippen LogP contribution in [0.5, 0.6) is 0 Å². The number of hydrogen-bond acceptors (Lipinski definition) is 5. The van der Waals surface area contributed by atoms with Crippen molar-refractivity contribution in [2.45, 2.75) is 39.5 Å². The average molecular weight is 330 g/mol. The summed E-state index contributed by atoms with van der Waals surface area (Å²) in [6.45, 7) is 7.07. The highest BCUT2D eigenvalue weighted by molar-refractivity contribution is 5.56. The van der Waals surface area contributed by atoms with Gasteiger partial charge in [0.2, 0.25) is 0 Å². The second-order valence-electron chi connectivity index (χ2n) is 5.71. The molecule has 0 aliphatic carbocycles. The van der Waals surface area contributed by atoms with Gasteiger partial charge in [0.05, 0.1) is 12.4 Å². The lowest BCUT2D eigenvalue weighted by molar-refractivity contribution is 0.622. The van der Waals surface area contributed by atoms with E-state index < -0.39 is 5.82 Å². The molecule has 0 aromatic carbocycles. The van der Waals surface area contributed by atoms with Crippen LogP contribution in [0.1, 0.15) is 45.1 Å². The molecule has 2 aromatic rings. The summed E-state index contributed by atoms with van der Waals surface area (Å²) in [5.41, 5.74) is 1.46.